The van der Waals surface area contributed by atoms with Crippen LogP contribution in [0.15, 0.2) is 30.8 Å². The molecule has 3 nitrogen and oxygen atoms in total. The average Bonchev–Trinajstić information content (AvgIpc) is 2.29. The molecule has 2 rings (SSSR count). The molecule has 1 aromatic rings. The van der Waals surface area contributed by atoms with E-state index in [4.69, 9.17) is 0 Å². The van der Waals surface area contributed by atoms with Crippen LogP contribution in [0, 0.1) is 0 Å². The highest BCUT2D eigenvalue weighted by Gasteiger charge is 2.21. The van der Waals surface area contributed by atoms with Gasteiger partial charge in [0.15, 0.2) is 9.84 Å². The van der Waals surface area contributed by atoms with Crippen molar-refractivity contribution in [3.8, 4) is 0 Å². The van der Waals surface area contributed by atoms with Crippen LogP contribution < -0.4 is 4.90 Å². The van der Waals surface area contributed by atoms with Crippen LogP contribution in [0.25, 0.3) is 6.08 Å². The lowest BCUT2D eigenvalue weighted by Gasteiger charge is -2.28. The second kappa shape index (κ2) is 4.29. The van der Waals surface area contributed by atoms with Crippen LogP contribution in [0.2, 0.25) is 0 Å². The first kappa shape index (κ1) is 11.2. The lowest BCUT2D eigenvalue weighted by atomic mass is 10.2. The second-order valence-corrected chi connectivity index (χ2v) is 6.24. The summed E-state index contributed by atoms with van der Waals surface area (Å²) in [4.78, 5) is 2.11. The fourth-order valence-corrected chi connectivity index (χ4v) is 2.99. The summed E-state index contributed by atoms with van der Waals surface area (Å²) in [6.45, 7) is 4.89. The van der Waals surface area contributed by atoms with E-state index in [0.29, 0.717) is 13.1 Å². The third kappa shape index (κ3) is 2.44. The van der Waals surface area contributed by atoms with Gasteiger partial charge in [0, 0.05) is 18.8 Å². The molecule has 0 bridgehead atoms. The van der Waals surface area contributed by atoms with E-state index in [1.807, 2.05) is 24.3 Å². The lowest BCUT2D eigenvalue weighted by Crippen LogP contribution is -2.40. The van der Waals surface area contributed by atoms with E-state index >= 15 is 0 Å². The van der Waals surface area contributed by atoms with E-state index in [2.05, 4.69) is 11.5 Å². The minimum atomic E-state index is -2.79. The Labute approximate surface area is 96.3 Å². The minimum Gasteiger partial charge on any atom is -0.369 e. The number of benzene rings is 1. The van der Waals surface area contributed by atoms with Gasteiger partial charge in [0.25, 0.3) is 0 Å². The zero-order chi connectivity index (χ0) is 11.6. The van der Waals surface area contributed by atoms with Crippen molar-refractivity contribution in [2.24, 2.45) is 0 Å². The molecule has 1 heterocycles. The summed E-state index contributed by atoms with van der Waals surface area (Å²) in [5.74, 6) is 0.520. The van der Waals surface area contributed by atoms with E-state index < -0.39 is 9.84 Å². The van der Waals surface area contributed by atoms with E-state index in [1.165, 1.54) is 0 Å². The molecule has 86 valence electrons. The van der Waals surface area contributed by atoms with Crippen LogP contribution in [-0.4, -0.2) is 33.0 Å². The summed E-state index contributed by atoms with van der Waals surface area (Å²) < 4.78 is 22.6. The molecule has 0 unspecified atom stereocenters. The topological polar surface area (TPSA) is 37.4 Å². The Morgan fingerprint density at radius 3 is 2.19 bits per heavy atom. The summed E-state index contributed by atoms with van der Waals surface area (Å²) in [7, 11) is -2.79. The van der Waals surface area contributed by atoms with Crippen molar-refractivity contribution in [3.63, 3.8) is 0 Å². The van der Waals surface area contributed by atoms with Gasteiger partial charge in [-0.2, -0.15) is 0 Å². The zero-order valence-electron chi connectivity index (χ0n) is 9.09. The molecule has 0 atom stereocenters. The normalized spacial score (nSPS) is 19.4. The average molecular weight is 237 g/mol. The maximum absolute atomic E-state index is 11.3. The summed E-state index contributed by atoms with van der Waals surface area (Å²) in [5, 5.41) is 0. The number of rotatable bonds is 2. The van der Waals surface area contributed by atoms with E-state index in [1.54, 1.807) is 6.08 Å². The van der Waals surface area contributed by atoms with Crippen LogP contribution in [0.1, 0.15) is 5.56 Å². The van der Waals surface area contributed by atoms with Crippen molar-refractivity contribution in [2.45, 2.75) is 0 Å². The Kier molecular flexibility index (Phi) is 3.01. The molecule has 0 N–H and O–H groups in total. The molecular weight excluding hydrogens is 222 g/mol. The second-order valence-electron chi connectivity index (χ2n) is 3.93. The Balaban J connectivity index is 2.11. The molecular formula is C12H15NO2S. The van der Waals surface area contributed by atoms with Crippen molar-refractivity contribution in [2.75, 3.05) is 29.5 Å². The van der Waals surface area contributed by atoms with Gasteiger partial charge in [-0.05, 0) is 17.7 Å². The molecule has 0 aromatic heterocycles. The van der Waals surface area contributed by atoms with Crippen molar-refractivity contribution >= 4 is 21.6 Å². The molecule has 16 heavy (non-hydrogen) atoms. The predicted octanol–water partition coefficient (Wildman–Crippen LogP) is 1.56. The summed E-state index contributed by atoms with van der Waals surface area (Å²) in [6.07, 6.45) is 1.80. The Hall–Kier alpha value is -1.29. The van der Waals surface area contributed by atoms with Gasteiger partial charge in [-0.25, -0.2) is 8.42 Å². The number of anilines is 1. The van der Waals surface area contributed by atoms with Gasteiger partial charge in [0.1, 0.15) is 0 Å². The largest absolute Gasteiger partial charge is 0.369 e. The van der Waals surface area contributed by atoms with E-state index in [-0.39, 0.29) is 11.5 Å². The first-order valence-electron chi connectivity index (χ1n) is 5.29. The number of nitrogens with zero attached hydrogens (tertiary/aromatic N) is 1. The molecule has 1 fully saturated rings. The van der Waals surface area contributed by atoms with Gasteiger partial charge < -0.3 is 4.90 Å². The summed E-state index contributed by atoms with van der Waals surface area (Å²) in [6, 6.07) is 8.00. The van der Waals surface area contributed by atoms with Gasteiger partial charge in [-0.15, -0.1) is 0 Å². The molecule has 0 radical (unpaired) electrons. The van der Waals surface area contributed by atoms with E-state index in [9.17, 15) is 8.42 Å². The fourth-order valence-electron chi connectivity index (χ4n) is 1.79. The summed E-state index contributed by atoms with van der Waals surface area (Å²) >= 11 is 0. The highest BCUT2D eigenvalue weighted by molar-refractivity contribution is 7.91. The van der Waals surface area contributed by atoms with Crippen LogP contribution in [0.3, 0.4) is 0 Å². The van der Waals surface area contributed by atoms with E-state index in [0.717, 1.165) is 11.3 Å². The predicted molar refractivity (Wildman–Crippen MR) is 67.4 cm³/mol. The Morgan fingerprint density at radius 2 is 1.69 bits per heavy atom. The molecule has 0 amide bonds. The lowest BCUT2D eigenvalue weighted by molar-refractivity contribution is 0.587. The van der Waals surface area contributed by atoms with Gasteiger partial charge in [-0.3, -0.25) is 0 Å². The fraction of sp³-hybridized carbons (Fsp3) is 0.333. The molecule has 0 saturated carbocycles. The SMILES string of the molecule is C=Cc1ccc(N2CCS(=O)(=O)CC2)cc1. The summed E-state index contributed by atoms with van der Waals surface area (Å²) in [5.41, 5.74) is 2.16. The molecule has 0 aliphatic carbocycles. The van der Waals surface area contributed by atoms with Crippen LogP contribution >= 0.6 is 0 Å². The zero-order valence-corrected chi connectivity index (χ0v) is 9.91. The maximum atomic E-state index is 11.3. The van der Waals surface area contributed by atoms with Crippen LogP contribution in [0.5, 0.6) is 0 Å². The highest BCUT2D eigenvalue weighted by Crippen LogP contribution is 2.18. The molecule has 4 heteroatoms. The van der Waals surface area contributed by atoms with Gasteiger partial charge in [0.2, 0.25) is 0 Å². The monoisotopic (exact) mass is 237 g/mol. The number of hydrogen-bond acceptors (Lipinski definition) is 3. The van der Waals surface area contributed by atoms with Crippen molar-refractivity contribution in [3.05, 3.63) is 36.4 Å². The smallest absolute Gasteiger partial charge is 0.153 e. The number of sulfone groups is 1. The van der Waals surface area contributed by atoms with Crippen molar-refractivity contribution in [1.82, 2.24) is 0 Å². The standard InChI is InChI=1S/C12H15NO2S/c1-2-11-3-5-12(6-4-11)13-7-9-16(14,15)10-8-13/h2-6H,1,7-10H2. The van der Waals surface area contributed by atoms with Crippen molar-refractivity contribution in [1.29, 1.82) is 0 Å². The first-order chi connectivity index (χ1) is 7.61. The third-order valence-corrected chi connectivity index (χ3v) is 4.45. The van der Waals surface area contributed by atoms with Gasteiger partial charge in [-0.1, -0.05) is 24.8 Å². The molecule has 0 spiro atoms. The minimum absolute atomic E-state index is 0.260. The van der Waals surface area contributed by atoms with Crippen molar-refractivity contribution < 1.29 is 8.42 Å². The quantitative estimate of drug-likeness (QED) is 0.783. The molecule has 1 saturated heterocycles. The van der Waals surface area contributed by atoms with Crippen LogP contribution in [-0.2, 0) is 9.84 Å². The van der Waals surface area contributed by atoms with Gasteiger partial charge >= 0.3 is 0 Å². The molecule has 1 aliphatic heterocycles. The Morgan fingerprint density at radius 1 is 1.12 bits per heavy atom. The maximum Gasteiger partial charge on any atom is 0.153 e. The highest BCUT2D eigenvalue weighted by atomic mass is 32.2. The molecule has 1 aromatic carbocycles. The van der Waals surface area contributed by atoms with Gasteiger partial charge in [0.05, 0.1) is 11.5 Å². The van der Waals surface area contributed by atoms with Crippen LogP contribution in [0.4, 0.5) is 5.69 Å². The number of hydrogen-bond donors (Lipinski definition) is 0. The first-order valence-corrected chi connectivity index (χ1v) is 7.11. The third-order valence-electron chi connectivity index (χ3n) is 2.84. The molecule has 1 aliphatic rings. The Bertz CT molecular complexity index is 462.